The first-order valence-electron chi connectivity index (χ1n) is 13.9. The van der Waals surface area contributed by atoms with Gasteiger partial charge in [-0.15, -0.1) is 0 Å². The van der Waals surface area contributed by atoms with E-state index in [9.17, 15) is 22.8 Å². The summed E-state index contributed by atoms with van der Waals surface area (Å²) < 4.78 is 49.6. The zero-order valence-electron chi connectivity index (χ0n) is 23.9. The van der Waals surface area contributed by atoms with Gasteiger partial charge in [0, 0.05) is 50.6 Å². The van der Waals surface area contributed by atoms with Gasteiger partial charge in [0.15, 0.2) is 11.6 Å². The van der Waals surface area contributed by atoms with E-state index in [4.69, 9.17) is 15.0 Å². The van der Waals surface area contributed by atoms with E-state index in [0.29, 0.717) is 29.0 Å². The molecule has 0 atom stereocenters. The van der Waals surface area contributed by atoms with Gasteiger partial charge in [-0.3, -0.25) is 9.69 Å². The van der Waals surface area contributed by atoms with Gasteiger partial charge in [0.1, 0.15) is 6.61 Å². The molecule has 3 amide bonds. The Balaban J connectivity index is 1.17. The molecular formula is C30H32F3N7O4. The number of alkyl halides is 3. The topological polar surface area (TPSA) is 138 Å². The summed E-state index contributed by atoms with van der Waals surface area (Å²) >= 11 is 0. The molecule has 3 aromatic carbocycles. The number of urea groups is 1. The van der Waals surface area contributed by atoms with E-state index >= 15 is 0 Å². The second-order valence-electron chi connectivity index (χ2n) is 10.4. The average molecular weight is 612 g/mol. The Morgan fingerprint density at radius 2 is 1.75 bits per heavy atom. The van der Waals surface area contributed by atoms with Gasteiger partial charge in [-0.05, 0) is 61.1 Å². The number of nitrogens with two attached hydrogens (primary N) is 1. The van der Waals surface area contributed by atoms with Gasteiger partial charge >= 0.3 is 12.2 Å². The Labute approximate surface area is 251 Å². The number of nitrogen functional groups attached to an aromatic ring is 1. The SMILES string of the molecule is CN1CCN(CCOc2ccc(C(=O)Nc3cccc(CNC(=O)Nc4ccc(C(F)(F)F)cc4)c3)c3c(N)noc23)CC1. The molecule has 0 bridgehead atoms. The second-order valence-corrected chi connectivity index (χ2v) is 10.4. The van der Waals surface area contributed by atoms with Crippen LogP contribution in [0.15, 0.2) is 65.2 Å². The van der Waals surface area contributed by atoms with Crippen molar-refractivity contribution in [1.82, 2.24) is 20.3 Å². The van der Waals surface area contributed by atoms with E-state index in [0.717, 1.165) is 44.9 Å². The summed E-state index contributed by atoms with van der Waals surface area (Å²) in [7, 11) is 2.10. The van der Waals surface area contributed by atoms with Crippen LogP contribution < -0.4 is 26.4 Å². The molecule has 5 N–H and O–H groups in total. The first-order valence-corrected chi connectivity index (χ1v) is 13.9. The van der Waals surface area contributed by atoms with Crippen molar-refractivity contribution in [2.75, 3.05) is 62.7 Å². The molecule has 44 heavy (non-hydrogen) atoms. The average Bonchev–Trinajstić information content (AvgIpc) is 3.39. The van der Waals surface area contributed by atoms with Crippen molar-refractivity contribution in [3.8, 4) is 5.75 Å². The third-order valence-corrected chi connectivity index (χ3v) is 7.23. The molecule has 0 spiro atoms. The molecule has 5 rings (SSSR count). The van der Waals surface area contributed by atoms with Crippen molar-refractivity contribution in [2.24, 2.45) is 0 Å². The molecule has 14 heteroatoms. The van der Waals surface area contributed by atoms with Crippen LogP contribution in [0.5, 0.6) is 5.75 Å². The maximum Gasteiger partial charge on any atom is 0.416 e. The highest BCUT2D eigenvalue weighted by Gasteiger charge is 2.30. The molecule has 1 aliphatic rings. The molecule has 0 saturated carbocycles. The number of nitrogens with zero attached hydrogens (tertiary/aromatic N) is 3. The molecule has 1 fully saturated rings. The van der Waals surface area contributed by atoms with Crippen molar-refractivity contribution in [2.45, 2.75) is 12.7 Å². The summed E-state index contributed by atoms with van der Waals surface area (Å²) in [6.45, 7) is 5.24. The fraction of sp³-hybridized carbons (Fsp3) is 0.300. The highest BCUT2D eigenvalue weighted by Crippen LogP contribution is 2.33. The minimum absolute atomic E-state index is 0.0617. The Hall–Kier alpha value is -4.82. The van der Waals surface area contributed by atoms with Crippen LogP contribution in [0.1, 0.15) is 21.5 Å². The van der Waals surface area contributed by atoms with E-state index in [-0.39, 0.29) is 29.2 Å². The highest BCUT2D eigenvalue weighted by molar-refractivity contribution is 6.15. The lowest BCUT2D eigenvalue weighted by Gasteiger charge is -2.32. The molecule has 0 radical (unpaired) electrons. The molecule has 4 aromatic rings. The molecule has 0 unspecified atom stereocenters. The quantitative estimate of drug-likeness (QED) is 0.215. The highest BCUT2D eigenvalue weighted by atomic mass is 19.4. The maximum atomic E-state index is 13.3. The van der Waals surface area contributed by atoms with Crippen LogP contribution in [0, 0.1) is 0 Å². The number of aromatic nitrogens is 1. The number of fused-ring (bicyclic) bond motifs is 1. The number of likely N-dealkylation sites (N-methyl/N-ethyl adjacent to an activating group) is 1. The van der Waals surface area contributed by atoms with E-state index in [1.165, 1.54) is 12.1 Å². The monoisotopic (exact) mass is 611 g/mol. The smallest absolute Gasteiger partial charge is 0.416 e. The number of anilines is 3. The van der Waals surface area contributed by atoms with Crippen LogP contribution in [0.2, 0.25) is 0 Å². The van der Waals surface area contributed by atoms with E-state index < -0.39 is 23.7 Å². The van der Waals surface area contributed by atoms with Gasteiger partial charge in [0.2, 0.25) is 5.58 Å². The third-order valence-electron chi connectivity index (χ3n) is 7.23. The number of hydrogen-bond donors (Lipinski definition) is 4. The lowest BCUT2D eigenvalue weighted by atomic mass is 10.1. The largest absolute Gasteiger partial charge is 0.488 e. The van der Waals surface area contributed by atoms with E-state index in [1.54, 1.807) is 36.4 Å². The molecule has 0 aliphatic carbocycles. The van der Waals surface area contributed by atoms with Gasteiger partial charge < -0.3 is 35.8 Å². The summed E-state index contributed by atoms with van der Waals surface area (Å²) in [5.74, 6) is 0.0586. The number of rotatable bonds is 9. The molecule has 1 aliphatic heterocycles. The summed E-state index contributed by atoms with van der Waals surface area (Å²) in [5, 5.41) is 12.1. The van der Waals surface area contributed by atoms with Crippen molar-refractivity contribution in [3.63, 3.8) is 0 Å². The molecule has 2 heterocycles. The molecule has 11 nitrogen and oxygen atoms in total. The first-order chi connectivity index (χ1) is 21.1. The van der Waals surface area contributed by atoms with Gasteiger partial charge in [0.05, 0.1) is 16.5 Å². The van der Waals surface area contributed by atoms with Crippen LogP contribution >= 0.6 is 0 Å². The predicted molar refractivity (Wildman–Crippen MR) is 160 cm³/mol. The van der Waals surface area contributed by atoms with Crippen LogP contribution in [0.3, 0.4) is 0 Å². The number of halogens is 3. The summed E-state index contributed by atoms with van der Waals surface area (Å²) in [5.41, 5.74) is 7.13. The zero-order valence-corrected chi connectivity index (χ0v) is 23.9. The number of nitrogens with one attached hydrogen (secondary N) is 3. The second kappa shape index (κ2) is 13.2. The minimum Gasteiger partial charge on any atom is -0.488 e. The summed E-state index contributed by atoms with van der Waals surface area (Å²) in [4.78, 5) is 30.1. The molecule has 1 aromatic heterocycles. The normalized spacial score (nSPS) is 14.4. The number of hydrogen-bond acceptors (Lipinski definition) is 8. The van der Waals surface area contributed by atoms with Gasteiger partial charge in [-0.1, -0.05) is 17.3 Å². The number of carbonyl (C=O) groups is 2. The number of carbonyl (C=O) groups excluding carboxylic acids is 2. The summed E-state index contributed by atoms with van der Waals surface area (Å²) in [6.07, 6.45) is -4.46. The van der Waals surface area contributed by atoms with Crippen LogP contribution in [-0.2, 0) is 12.7 Å². The van der Waals surface area contributed by atoms with E-state index in [1.807, 2.05) is 0 Å². The van der Waals surface area contributed by atoms with Gasteiger partial charge in [-0.2, -0.15) is 13.2 Å². The Morgan fingerprint density at radius 3 is 2.48 bits per heavy atom. The number of piperazine rings is 1. The Morgan fingerprint density at radius 1 is 1.00 bits per heavy atom. The number of ether oxygens (including phenoxy) is 1. The molecule has 1 saturated heterocycles. The lowest BCUT2D eigenvalue weighted by molar-refractivity contribution is -0.137. The van der Waals surface area contributed by atoms with Crippen molar-refractivity contribution in [3.05, 3.63) is 77.4 Å². The van der Waals surface area contributed by atoms with Crippen LogP contribution in [0.25, 0.3) is 11.0 Å². The predicted octanol–water partition coefficient (Wildman–Crippen LogP) is 4.63. The summed E-state index contributed by atoms with van der Waals surface area (Å²) in [6, 6.07) is 13.6. The maximum absolute atomic E-state index is 13.3. The first kappa shape index (κ1) is 30.6. The van der Waals surface area contributed by atoms with Crippen molar-refractivity contribution < 1.29 is 32.0 Å². The van der Waals surface area contributed by atoms with Crippen LogP contribution in [-0.4, -0.2) is 73.3 Å². The number of benzene rings is 3. The van der Waals surface area contributed by atoms with Crippen molar-refractivity contribution >= 4 is 40.1 Å². The van der Waals surface area contributed by atoms with Gasteiger partial charge in [-0.25, -0.2) is 4.79 Å². The number of amides is 3. The van der Waals surface area contributed by atoms with Crippen molar-refractivity contribution in [1.29, 1.82) is 0 Å². The van der Waals surface area contributed by atoms with Gasteiger partial charge in [0.25, 0.3) is 5.91 Å². The standard InChI is InChI=1S/C30H32F3N7O4/c1-39-11-13-40(14-12-39)15-16-43-24-10-9-23(25-26(24)44-38-27(25)34)28(41)36-22-4-2-3-19(17-22)18-35-29(42)37-21-7-5-20(6-8-21)30(31,32)33/h2-10,17H,11-16,18H2,1H3,(H2,34,38)(H,36,41)(H2,35,37,42). The Bertz CT molecular complexity index is 1620. The fourth-order valence-corrected chi connectivity index (χ4v) is 4.77. The fourth-order valence-electron chi connectivity index (χ4n) is 4.77. The lowest BCUT2D eigenvalue weighted by Crippen LogP contribution is -2.45. The van der Waals surface area contributed by atoms with E-state index in [2.05, 4.69) is 38.0 Å². The molecular weight excluding hydrogens is 579 g/mol. The molecule has 232 valence electrons. The zero-order chi connectivity index (χ0) is 31.3. The minimum atomic E-state index is -4.46. The van der Waals surface area contributed by atoms with Crippen LogP contribution in [0.4, 0.5) is 35.2 Å². The Kier molecular flexibility index (Phi) is 9.20. The third kappa shape index (κ3) is 7.57.